The first-order valence-corrected chi connectivity index (χ1v) is 9.92. The number of nitrogens with zero attached hydrogens (tertiary/aromatic N) is 2. The number of imide groups is 1. The van der Waals surface area contributed by atoms with Gasteiger partial charge in [-0.15, -0.1) is 0 Å². The van der Waals surface area contributed by atoms with E-state index in [2.05, 4.69) is 0 Å². The van der Waals surface area contributed by atoms with Crippen LogP contribution in [-0.2, 0) is 16.6 Å². The van der Waals surface area contributed by atoms with Crippen LogP contribution >= 0.6 is 11.6 Å². The van der Waals surface area contributed by atoms with Crippen LogP contribution in [0.3, 0.4) is 0 Å². The molecular weight excluding hydrogens is 376 g/mol. The zero-order chi connectivity index (χ0) is 18.9. The largest absolute Gasteiger partial charge is 0.273 e. The number of rotatable bonds is 6. The quantitative estimate of drug-likeness (QED) is 0.707. The van der Waals surface area contributed by atoms with Crippen LogP contribution in [0.4, 0.5) is 0 Å². The summed E-state index contributed by atoms with van der Waals surface area (Å²) in [5.74, 6) is -1.25. The molecule has 0 aliphatic carbocycles. The lowest BCUT2D eigenvalue weighted by Gasteiger charge is -2.19. The van der Waals surface area contributed by atoms with Crippen LogP contribution < -0.4 is 0 Å². The highest BCUT2D eigenvalue weighted by atomic mass is 35.5. The van der Waals surface area contributed by atoms with Crippen molar-refractivity contribution in [2.45, 2.75) is 6.54 Å². The Hall–Kier alpha value is -2.22. The Morgan fingerprint density at radius 1 is 0.962 bits per heavy atom. The molecule has 0 N–H and O–H groups in total. The van der Waals surface area contributed by atoms with Crippen molar-refractivity contribution in [3.05, 3.63) is 70.2 Å². The average molecular weight is 393 g/mol. The summed E-state index contributed by atoms with van der Waals surface area (Å²) >= 11 is 5.83. The van der Waals surface area contributed by atoms with Crippen molar-refractivity contribution in [3.63, 3.8) is 0 Å². The van der Waals surface area contributed by atoms with E-state index in [9.17, 15) is 18.0 Å². The SMILES string of the molecule is CN(Cc1ccc(Cl)cc1)S(=O)(=O)CCN1C(=O)c2ccccc2C1=O. The second-order valence-corrected chi connectivity index (χ2v) is 8.64. The molecule has 2 aromatic rings. The number of sulfonamides is 1. The highest BCUT2D eigenvalue weighted by Crippen LogP contribution is 2.22. The van der Waals surface area contributed by atoms with Crippen molar-refractivity contribution >= 4 is 33.4 Å². The molecule has 3 rings (SSSR count). The van der Waals surface area contributed by atoms with Crippen LogP contribution in [0.25, 0.3) is 0 Å². The molecule has 6 nitrogen and oxygen atoms in total. The average Bonchev–Trinajstić information content (AvgIpc) is 2.86. The van der Waals surface area contributed by atoms with E-state index < -0.39 is 21.8 Å². The fourth-order valence-electron chi connectivity index (χ4n) is 2.75. The van der Waals surface area contributed by atoms with Crippen LogP contribution in [0.15, 0.2) is 48.5 Å². The molecule has 26 heavy (non-hydrogen) atoms. The van der Waals surface area contributed by atoms with Gasteiger partial charge in [0.15, 0.2) is 0 Å². The van der Waals surface area contributed by atoms with Gasteiger partial charge in [-0.05, 0) is 29.8 Å². The first-order chi connectivity index (χ1) is 12.3. The van der Waals surface area contributed by atoms with E-state index in [4.69, 9.17) is 11.6 Å². The van der Waals surface area contributed by atoms with E-state index >= 15 is 0 Å². The smallest absolute Gasteiger partial charge is 0.261 e. The van der Waals surface area contributed by atoms with Crippen LogP contribution in [0, 0.1) is 0 Å². The molecule has 136 valence electrons. The van der Waals surface area contributed by atoms with Crippen molar-refractivity contribution in [1.29, 1.82) is 0 Å². The number of amides is 2. The predicted octanol–water partition coefficient (Wildman–Crippen LogP) is 2.40. The van der Waals surface area contributed by atoms with E-state index in [-0.39, 0.29) is 18.8 Å². The summed E-state index contributed by atoms with van der Waals surface area (Å²) in [5, 5.41) is 0.574. The lowest BCUT2D eigenvalue weighted by molar-refractivity contribution is 0.0664. The van der Waals surface area contributed by atoms with Gasteiger partial charge in [0.1, 0.15) is 0 Å². The number of hydrogen-bond acceptors (Lipinski definition) is 4. The molecule has 0 radical (unpaired) electrons. The second kappa shape index (κ2) is 7.19. The fraction of sp³-hybridized carbons (Fsp3) is 0.222. The summed E-state index contributed by atoms with van der Waals surface area (Å²) in [6, 6.07) is 13.4. The van der Waals surface area contributed by atoms with E-state index in [1.807, 2.05) is 0 Å². The fourth-order valence-corrected chi connectivity index (χ4v) is 3.95. The highest BCUT2D eigenvalue weighted by molar-refractivity contribution is 7.89. The highest BCUT2D eigenvalue weighted by Gasteiger charge is 2.35. The minimum Gasteiger partial charge on any atom is -0.273 e. The van der Waals surface area contributed by atoms with Crippen molar-refractivity contribution in [2.24, 2.45) is 0 Å². The van der Waals surface area contributed by atoms with Gasteiger partial charge in [0.05, 0.1) is 16.9 Å². The standard InChI is InChI=1S/C18H17ClN2O4S/c1-20(12-13-6-8-14(19)9-7-13)26(24,25)11-10-21-17(22)15-4-2-3-5-16(15)18(21)23/h2-9H,10-12H2,1H3. The summed E-state index contributed by atoms with van der Waals surface area (Å²) in [6.45, 7) is 0.00125. The molecule has 0 bridgehead atoms. The summed E-state index contributed by atoms with van der Waals surface area (Å²) in [7, 11) is -2.17. The number of carbonyl (C=O) groups is 2. The molecule has 1 aliphatic rings. The molecule has 2 amide bonds. The number of benzene rings is 2. The molecule has 8 heteroatoms. The molecular formula is C18H17ClN2O4S. The lowest BCUT2D eigenvalue weighted by atomic mass is 10.1. The Bertz CT molecular complexity index is 922. The maximum atomic E-state index is 12.5. The number of fused-ring (bicyclic) bond motifs is 1. The Morgan fingerprint density at radius 2 is 1.50 bits per heavy atom. The lowest BCUT2D eigenvalue weighted by Crippen LogP contribution is -2.38. The Labute approximate surface area is 157 Å². The molecule has 0 aromatic heterocycles. The van der Waals surface area contributed by atoms with Crippen molar-refractivity contribution in [3.8, 4) is 0 Å². The van der Waals surface area contributed by atoms with Gasteiger partial charge in [0.25, 0.3) is 11.8 Å². The topological polar surface area (TPSA) is 74.8 Å². The molecule has 1 aliphatic heterocycles. The normalized spacial score (nSPS) is 14.2. The van der Waals surface area contributed by atoms with Crippen LogP contribution in [0.1, 0.15) is 26.3 Å². The van der Waals surface area contributed by atoms with Gasteiger partial charge in [-0.2, -0.15) is 0 Å². The molecule has 2 aromatic carbocycles. The second-order valence-electron chi connectivity index (χ2n) is 6.01. The van der Waals surface area contributed by atoms with Crippen molar-refractivity contribution < 1.29 is 18.0 Å². The maximum absolute atomic E-state index is 12.5. The Balaban J connectivity index is 1.66. The first kappa shape index (κ1) is 18.6. The third kappa shape index (κ3) is 3.65. The van der Waals surface area contributed by atoms with E-state index in [0.717, 1.165) is 10.5 Å². The summed E-state index contributed by atoms with van der Waals surface area (Å²) in [5.41, 5.74) is 1.41. The van der Waals surface area contributed by atoms with E-state index in [0.29, 0.717) is 16.1 Å². The molecule has 0 saturated carbocycles. The Kier molecular flexibility index (Phi) is 5.13. The van der Waals surface area contributed by atoms with Crippen LogP contribution in [0.5, 0.6) is 0 Å². The van der Waals surface area contributed by atoms with Gasteiger partial charge in [0, 0.05) is 25.2 Å². The zero-order valence-electron chi connectivity index (χ0n) is 14.1. The van der Waals surface area contributed by atoms with Crippen LogP contribution in [-0.4, -0.2) is 48.8 Å². The summed E-state index contributed by atoms with van der Waals surface area (Å²) in [6.07, 6.45) is 0. The summed E-state index contributed by atoms with van der Waals surface area (Å²) in [4.78, 5) is 25.6. The molecule has 0 fully saturated rings. The van der Waals surface area contributed by atoms with Gasteiger partial charge in [-0.3, -0.25) is 14.5 Å². The van der Waals surface area contributed by atoms with Crippen molar-refractivity contribution in [2.75, 3.05) is 19.3 Å². The van der Waals surface area contributed by atoms with Crippen molar-refractivity contribution in [1.82, 2.24) is 9.21 Å². The monoisotopic (exact) mass is 392 g/mol. The summed E-state index contributed by atoms with van der Waals surface area (Å²) < 4.78 is 26.2. The molecule has 0 saturated heterocycles. The molecule has 0 spiro atoms. The van der Waals surface area contributed by atoms with Gasteiger partial charge in [-0.25, -0.2) is 12.7 Å². The minimum absolute atomic E-state index is 0.181. The third-order valence-electron chi connectivity index (χ3n) is 4.24. The zero-order valence-corrected chi connectivity index (χ0v) is 15.6. The van der Waals surface area contributed by atoms with E-state index in [1.54, 1.807) is 48.5 Å². The third-order valence-corrected chi connectivity index (χ3v) is 6.27. The molecule has 0 unspecified atom stereocenters. The minimum atomic E-state index is -3.64. The predicted molar refractivity (Wildman–Crippen MR) is 98.5 cm³/mol. The number of carbonyl (C=O) groups excluding carboxylic acids is 2. The molecule has 1 heterocycles. The van der Waals surface area contributed by atoms with E-state index in [1.165, 1.54) is 11.4 Å². The van der Waals surface area contributed by atoms with Crippen LogP contribution in [0.2, 0.25) is 5.02 Å². The molecule has 0 atom stereocenters. The van der Waals surface area contributed by atoms with Gasteiger partial charge in [-0.1, -0.05) is 35.9 Å². The maximum Gasteiger partial charge on any atom is 0.261 e. The number of hydrogen-bond donors (Lipinski definition) is 0. The number of halogens is 1. The van der Waals surface area contributed by atoms with Gasteiger partial charge >= 0.3 is 0 Å². The first-order valence-electron chi connectivity index (χ1n) is 7.93. The van der Waals surface area contributed by atoms with Gasteiger partial charge in [0.2, 0.25) is 10.0 Å². The van der Waals surface area contributed by atoms with Gasteiger partial charge < -0.3 is 0 Å². The Morgan fingerprint density at radius 3 is 2.04 bits per heavy atom.